The highest BCUT2D eigenvalue weighted by Gasteiger charge is 2.41. The number of hydrogen-bond donors (Lipinski definition) is 2. The van der Waals surface area contributed by atoms with Gasteiger partial charge < -0.3 is 19.8 Å². The van der Waals surface area contributed by atoms with Gasteiger partial charge in [-0.25, -0.2) is 4.79 Å². The maximum atomic E-state index is 12.0. The Hall–Kier alpha value is -0.593. The molecule has 0 bridgehead atoms. The van der Waals surface area contributed by atoms with Crippen LogP contribution >= 0.6 is 0 Å². The fraction of sp³-hybridized carbons (Fsp3) is 0.938. The first-order chi connectivity index (χ1) is 9.82. The molecule has 6 heteroatoms. The van der Waals surface area contributed by atoms with Gasteiger partial charge in [0.2, 0.25) is 0 Å². The van der Waals surface area contributed by atoms with Gasteiger partial charge in [0.05, 0.1) is 12.1 Å². The van der Waals surface area contributed by atoms with Crippen LogP contribution in [0.15, 0.2) is 0 Å². The molecule has 1 heterocycles. The molecule has 1 fully saturated rings. The number of rotatable bonds is 3. The standard InChI is InChI=1S/C16H34N2O3Si/c1-15(2,3)20-14(19)18-12-11-17-10-9-13(12)21-22(7,8)16(4,5)6/h12-13,17H,9-11H2,1-8H3,(H,18,19)/t12-,13-/m1/s1. The highest BCUT2D eigenvalue weighted by atomic mass is 28.4. The van der Waals surface area contributed by atoms with Gasteiger partial charge in [0.15, 0.2) is 8.32 Å². The van der Waals surface area contributed by atoms with E-state index < -0.39 is 13.9 Å². The average Bonchev–Trinajstić information content (AvgIpc) is 2.27. The zero-order valence-electron chi connectivity index (χ0n) is 15.5. The van der Waals surface area contributed by atoms with E-state index in [-0.39, 0.29) is 23.3 Å². The topological polar surface area (TPSA) is 59.6 Å². The van der Waals surface area contributed by atoms with E-state index in [1.807, 2.05) is 20.8 Å². The van der Waals surface area contributed by atoms with Crippen LogP contribution in [-0.4, -0.2) is 45.2 Å². The van der Waals surface area contributed by atoms with Crippen molar-refractivity contribution in [3.63, 3.8) is 0 Å². The van der Waals surface area contributed by atoms with Gasteiger partial charge in [-0.2, -0.15) is 0 Å². The minimum atomic E-state index is -1.85. The van der Waals surface area contributed by atoms with E-state index >= 15 is 0 Å². The average molecular weight is 331 g/mol. The van der Waals surface area contributed by atoms with Crippen LogP contribution in [0.1, 0.15) is 48.0 Å². The first-order valence-electron chi connectivity index (χ1n) is 8.20. The molecule has 0 aromatic carbocycles. The fourth-order valence-corrected chi connectivity index (χ4v) is 3.53. The lowest BCUT2D eigenvalue weighted by Gasteiger charge is -2.43. The summed E-state index contributed by atoms with van der Waals surface area (Å²) in [6.07, 6.45) is 0.590. The number of ether oxygens (including phenoxy) is 1. The summed E-state index contributed by atoms with van der Waals surface area (Å²) in [6, 6.07) is -0.0438. The molecule has 2 N–H and O–H groups in total. The summed E-state index contributed by atoms with van der Waals surface area (Å²) >= 11 is 0. The lowest BCUT2D eigenvalue weighted by Crippen LogP contribution is -2.58. The fourth-order valence-electron chi connectivity index (χ4n) is 2.13. The molecule has 0 aliphatic carbocycles. The molecule has 0 aromatic rings. The van der Waals surface area contributed by atoms with Crippen molar-refractivity contribution >= 4 is 14.4 Å². The quantitative estimate of drug-likeness (QED) is 0.780. The highest BCUT2D eigenvalue weighted by Crippen LogP contribution is 2.38. The third kappa shape index (κ3) is 5.89. The van der Waals surface area contributed by atoms with E-state index in [4.69, 9.17) is 9.16 Å². The number of nitrogens with one attached hydrogen (secondary N) is 2. The van der Waals surface area contributed by atoms with E-state index in [1.165, 1.54) is 0 Å². The lowest BCUT2D eigenvalue weighted by atomic mass is 10.0. The molecule has 1 aliphatic rings. The smallest absolute Gasteiger partial charge is 0.408 e. The molecule has 0 radical (unpaired) electrons. The number of hydrogen-bond acceptors (Lipinski definition) is 4. The molecule has 0 saturated carbocycles. The van der Waals surface area contributed by atoms with Crippen molar-refractivity contribution in [3.05, 3.63) is 0 Å². The molecular formula is C16H34N2O3Si. The van der Waals surface area contributed by atoms with E-state index in [1.54, 1.807) is 0 Å². The van der Waals surface area contributed by atoms with Gasteiger partial charge in [-0.3, -0.25) is 0 Å². The van der Waals surface area contributed by atoms with Crippen LogP contribution in [0.3, 0.4) is 0 Å². The minimum Gasteiger partial charge on any atom is -0.444 e. The zero-order chi connectivity index (χ0) is 17.2. The number of piperidine rings is 1. The van der Waals surface area contributed by atoms with Crippen molar-refractivity contribution in [1.82, 2.24) is 10.6 Å². The van der Waals surface area contributed by atoms with Crippen LogP contribution in [0, 0.1) is 0 Å². The number of carbonyl (C=O) groups is 1. The first kappa shape index (κ1) is 19.5. The van der Waals surface area contributed by atoms with Gasteiger partial charge in [0.25, 0.3) is 0 Å². The molecule has 2 atom stereocenters. The predicted octanol–water partition coefficient (Wildman–Crippen LogP) is 3.26. The molecule has 22 heavy (non-hydrogen) atoms. The summed E-state index contributed by atoms with van der Waals surface area (Å²) in [5, 5.41) is 6.46. The first-order valence-corrected chi connectivity index (χ1v) is 11.1. The van der Waals surface area contributed by atoms with Crippen molar-refractivity contribution < 1.29 is 14.0 Å². The van der Waals surface area contributed by atoms with Crippen molar-refractivity contribution in [2.45, 2.75) is 83.8 Å². The van der Waals surface area contributed by atoms with E-state index in [0.717, 1.165) is 19.5 Å². The Morgan fingerprint density at radius 2 is 1.77 bits per heavy atom. The highest BCUT2D eigenvalue weighted by molar-refractivity contribution is 6.74. The number of carbonyl (C=O) groups excluding carboxylic acids is 1. The Morgan fingerprint density at radius 1 is 1.18 bits per heavy atom. The van der Waals surface area contributed by atoms with Gasteiger partial charge in [-0.05, 0) is 51.9 Å². The molecule has 0 aromatic heterocycles. The molecular weight excluding hydrogens is 296 g/mol. The van der Waals surface area contributed by atoms with E-state index in [0.29, 0.717) is 0 Å². The number of amides is 1. The summed E-state index contributed by atoms with van der Waals surface area (Å²) < 4.78 is 11.9. The zero-order valence-corrected chi connectivity index (χ0v) is 16.5. The normalized spacial score (nSPS) is 24.0. The Bertz CT molecular complexity index is 386. The van der Waals surface area contributed by atoms with Crippen molar-refractivity contribution in [3.8, 4) is 0 Å². The van der Waals surface area contributed by atoms with Crippen LogP contribution in [0.5, 0.6) is 0 Å². The minimum absolute atomic E-state index is 0.0438. The molecule has 1 aliphatic heterocycles. The maximum absolute atomic E-state index is 12.0. The van der Waals surface area contributed by atoms with Crippen LogP contribution in [0.25, 0.3) is 0 Å². The summed E-state index contributed by atoms with van der Waals surface area (Å²) in [7, 11) is -1.85. The molecule has 0 unspecified atom stereocenters. The van der Waals surface area contributed by atoms with E-state index in [9.17, 15) is 4.79 Å². The number of alkyl carbamates (subject to hydrolysis) is 1. The Balaban J connectivity index is 2.70. The SMILES string of the molecule is CC(C)(C)OC(=O)N[C@@H]1CNCC[C@H]1O[Si](C)(C)C(C)(C)C. The molecule has 130 valence electrons. The third-order valence-electron chi connectivity index (χ3n) is 4.37. The van der Waals surface area contributed by atoms with E-state index in [2.05, 4.69) is 44.5 Å². The van der Waals surface area contributed by atoms with Gasteiger partial charge in [0, 0.05) is 6.54 Å². The summed E-state index contributed by atoms with van der Waals surface area (Å²) in [4.78, 5) is 12.0. The molecule has 5 nitrogen and oxygen atoms in total. The van der Waals surface area contributed by atoms with Crippen LogP contribution in [-0.2, 0) is 9.16 Å². The monoisotopic (exact) mass is 330 g/mol. The van der Waals surface area contributed by atoms with Crippen LogP contribution < -0.4 is 10.6 Å². The van der Waals surface area contributed by atoms with Crippen molar-refractivity contribution in [2.24, 2.45) is 0 Å². The molecule has 0 spiro atoms. The summed E-state index contributed by atoms with van der Waals surface area (Å²) in [5.41, 5.74) is -0.484. The second-order valence-electron chi connectivity index (χ2n) is 8.66. The lowest BCUT2D eigenvalue weighted by molar-refractivity contribution is 0.0400. The summed E-state index contributed by atoms with van der Waals surface area (Å²) in [6.45, 7) is 18.5. The van der Waals surface area contributed by atoms with Crippen molar-refractivity contribution in [2.75, 3.05) is 13.1 Å². The van der Waals surface area contributed by atoms with Gasteiger partial charge in [-0.15, -0.1) is 0 Å². The Kier molecular flexibility index (Phi) is 6.09. The van der Waals surface area contributed by atoms with Gasteiger partial charge in [0.1, 0.15) is 5.60 Å². The second-order valence-corrected chi connectivity index (χ2v) is 13.4. The van der Waals surface area contributed by atoms with Crippen molar-refractivity contribution in [1.29, 1.82) is 0 Å². The predicted molar refractivity (Wildman–Crippen MR) is 92.7 cm³/mol. The van der Waals surface area contributed by atoms with Gasteiger partial charge >= 0.3 is 6.09 Å². The molecule has 1 saturated heterocycles. The molecule has 1 rings (SSSR count). The van der Waals surface area contributed by atoms with Crippen LogP contribution in [0.2, 0.25) is 18.1 Å². The Morgan fingerprint density at radius 3 is 2.27 bits per heavy atom. The van der Waals surface area contributed by atoms with Gasteiger partial charge in [-0.1, -0.05) is 20.8 Å². The maximum Gasteiger partial charge on any atom is 0.408 e. The largest absolute Gasteiger partial charge is 0.444 e. The summed E-state index contributed by atoms with van der Waals surface area (Å²) in [5.74, 6) is 0. The second kappa shape index (κ2) is 6.89. The third-order valence-corrected chi connectivity index (χ3v) is 8.88. The molecule has 1 amide bonds. The Labute approximate surface area is 136 Å². The van der Waals surface area contributed by atoms with Crippen LogP contribution in [0.4, 0.5) is 4.79 Å².